The van der Waals surface area contributed by atoms with Gasteiger partial charge in [-0.2, -0.15) is 0 Å². The van der Waals surface area contributed by atoms with Crippen molar-refractivity contribution in [3.05, 3.63) is 23.8 Å². The predicted molar refractivity (Wildman–Crippen MR) is 38.8 cm³/mol. The quantitative estimate of drug-likeness (QED) is 0.427. The SMILES string of the molecule is CO/C=C/C=C\SC. The van der Waals surface area contributed by atoms with Crippen molar-refractivity contribution in [2.75, 3.05) is 13.4 Å². The first-order valence-corrected chi connectivity index (χ1v) is 3.58. The molecule has 0 amide bonds. The molecule has 0 rings (SSSR count). The summed E-state index contributed by atoms with van der Waals surface area (Å²) in [5.41, 5.74) is 0. The maximum atomic E-state index is 4.65. The van der Waals surface area contributed by atoms with Crippen molar-refractivity contribution in [1.29, 1.82) is 0 Å². The van der Waals surface area contributed by atoms with Gasteiger partial charge in [-0.05, 0) is 17.7 Å². The van der Waals surface area contributed by atoms with Crippen LogP contribution in [0.2, 0.25) is 0 Å². The molecule has 0 aliphatic heterocycles. The van der Waals surface area contributed by atoms with Gasteiger partial charge in [0.05, 0.1) is 13.4 Å². The third kappa shape index (κ3) is 5.63. The smallest absolute Gasteiger partial charge is 0.0824 e. The summed E-state index contributed by atoms with van der Waals surface area (Å²) in [6.07, 6.45) is 7.41. The lowest BCUT2D eigenvalue weighted by molar-refractivity contribution is 0.338. The summed E-state index contributed by atoms with van der Waals surface area (Å²) in [6.45, 7) is 0. The van der Waals surface area contributed by atoms with Gasteiger partial charge in [-0.25, -0.2) is 0 Å². The van der Waals surface area contributed by atoms with Crippen molar-refractivity contribution in [1.82, 2.24) is 0 Å². The van der Waals surface area contributed by atoms with E-state index < -0.39 is 0 Å². The molecule has 0 saturated heterocycles. The molecule has 0 unspecified atom stereocenters. The van der Waals surface area contributed by atoms with Crippen LogP contribution in [0.15, 0.2) is 23.8 Å². The van der Waals surface area contributed by atoms with Crippen molar-refractivity contribution < 1.29 is 4.74 Å². The fourth-order valence-electron chi connectivity index (χ4n) is 0.248. The molecule has 0 spiro atoms. The van der Waals surface area contributed by atoms with Crippen molar-refractivity contribution in [2.24, 2.45) is 0 Å². The average Bonchev–Trinajstić information content (AvgIpc) is 1.81. The van der Waals surface area contributed by atoms with Gasteiger partial charge in [-0.15, -0.1) is 11.8 Å². The lowest BCUT2D eigenvalue weighted by Gasteiger charge is -1.79. The van der Waals surface area contributed by atoms with Gasteiger partial charge in [0.25, 0.3) is 0 Å². The van der Waals surface area contributed by atoms with Gasteiger partial charge in [-0.1, -0.05) is 6.08 Å². The van der Waals surface area contributed by atoms with E-state index in [2.05, 4.69) is 4.74 Å². The lowest BCUT2D eigenvalue weighted by atomic mass is 10.6. The fraction of sp³-hybridized carbons (Fsp3) is 0.333. The molecular formula is C6H10OS. The van der Waals surface area contributed by atoms with Crippen LogP contribution in [-0.4, -0.2) is 13.4 Å². The number of ether oxygens (including phenoxy) is 1. The van der Waals surface area contributed by atoms with E-state index in [-0.39, 0.29) is 0 Å². The van der Waals surface area contributed by atoms with E-state index in [4.69, 9.17) is 0 Å². The molecule has 2 heteroatoms. The number of methoxy groups -OCH3 is 1. The molecule has 1 nitrogen and oxygen atoms in total. The first-order valence-electron chi connectivity index (χ1n) is 2.29. The number of thioether (sulfide) groups is 1. The van der Waals surface area contributed by atoms with E-state index in [9.17, 15) is 0 Å². The van der Waals surface area contributed by atoms with Crippen LogP contribution < -0.4 is 0 Å². The number of rotatable bonds is 3. The molecule has 0 saturated carbocycles. The molecule has 0 aromatic heterocycles. The largest absolute Gasteiger partial charge is 0.504 e. The summed E-state index contributed by atoms with van der Waals surface area (Å²) < 4.78 is 4.65. The maximum Gasteiger partial charge on any atom is 0.0824 e. The van der Waals surface area contributed by atoms with Gasteiger partial charge in [0.1, 0.15) is 0 Å². The second-order valence-electron chi connectivity index (χ2n) is 1.13. The van der Waals surface area contributed by atoms with Crippen LogP contribution >= 0.6 is 11.8 Å². The van der Waals surface area contributed by atoms with Gasteiger partial charge in [-0.3, -0.25) is 0 Å². The Kier molecular flexibility index (Phi) is 6.32. The Morgan fingerprint density at radius 2 is 2.12 bits per heavy atom. The molecule has 8 heavy (non-hydrogen) atoms. The topological polar surface area (TPSA) is 9.23 Å². The molecule has 0 bridgehead atoms. The Balaban J connectivity index is 3.13. The monoisotopic (exact) mass is 130 g/mol. The highest BCUT2D eigenvalue weighted by atomic mass is 32.2. The fourth-order valence-corrected chi connectivity index (χ4v) is 0.496. The second-order valence-corrected chi connectivity index (χ2v) is 1.87. The minimum absolute atomic E-state index is 1.63. The van der Waals surface area contributed by atoms with Crippen LogP contribution in [0.1, 0.15) is 0 Å². The summed E-state index contributed by atoms with van der Waals surface area (Å²) in [5, 5.41) is 1.98. The highest BCUT2D eigenvalue weighted by Gasteiger charge is 1.61. The van der Waals surface area contributed by atoms with Crippen LogP contribution in [0.3, 0.4) is 0 Å². The molecule has 46 valence electrons. The summed E-state index contributed by atoms with van der Waals surface area (Å²) in [5.74, 6) is 0. The number of allylic oxidation sites excluding steroid dienone is 2. The van der Waals surface area contributed by atoms with E-state index in [1.165, 1.54) is 0 Å². The normalized spacial score (nSPS) is 11.2. The van der Waals surface area contributed by atoms with Crippen molar-refractivity contribution in [3.8, 4) is 0 Å². The van der Waals surface area contributed by atoms with Gasteiger partial charge in [0, 0.05) is 0 Å². The Morgan fingerprint density at radius 1 is 1.38 bits per heavy atom. The molecule has 0 aliphatic rings. The molecule has 0 radical (unpaired) electrons. The Bertz CT molecular complexity index is 74.5. The van der Waals surface area contributed by atoms with Gasteiger partial charge in [0.15, 0.2) is 0 Å². The highest BCUT2D eigenvalue weighted by molar-refractivity contribution is 8.01. The standard InChI is InChI=1S/C6H10OS/c1-7-5-3-4-6-8-2/h3-6H,1-2H3/b5-3+,6-4-. The van der Waals surface area contributed by atoms with Crippen molar-refractivity contribution in [3.63, 3.8) is 0 Å². The van der Waals surface area contributed by atoms with Crippen LogP contribution in [0.25, 0.3) is 0 Å². The van der Waals surface area contributed by atoms with Crippen LogP contribution in [0.5, 0.6) is 0 Å². The summed E-state index contributed by atoms with van der Waals surface area (Å²) in [6, 6.07) is 0. The molecule has 0 heterocycles. The van der Waals surface area contributed by atoms with Crippen LogP contribution in [-0.2, 0) is 4.74 Å². The summed E-state index contributed by atoms with van der Waals surface area (Å²) in [7, 11) is 1.63. The number of hydrogen-bond donors (Lipinski definition) is 0. The zero-order valence-electron chi connectivity index (χ0n) is 5.13. The van der Waals surface area contributed by atoms with Crippen LogP contribution in [0.4, 0.5) is 0 Å². The van der Waals surface area contributed by atoms with E-state index in [0.717, 1.165) is 0 Å². The Morgan fingerprint density at radius 3 is 2.62 bits per heavy atom. The Labute approximate surface area is 54.4 Å². The minimum Gasteiger partial charge on any atom is -0.504 e. The van der Waals surface area contributed by atoms with E-state index >= 15 is 0 Å². The minimum atomic E-state index is 1.63. The molecule has 0 aromatic rings. The molecular weight excluding hydrogens is 120 g/mol. The van der Waals surface area contributed by atoms with Crippen LogP contribution in [0, 0.1) is 0 Å². The molecule has 0 aromatic carbocycles. The first-order chi connectivity index (χ1) is 3.91. The van der Waals surface area contributed by atoms with Gasteiger partial charge in [0.2, 0.25) is 0 Å². The van der Waals surface area contributed by atoms with Gasteiger partial charge >= 0.3 is 0 Å². The third-order valence-electron chi connectivity index (χ3n) is 0.540. The molecule has 0 aliphatic carbocycles. The van der Waals surface area contributed by atoms with Crippen molar-refractivity contribution >= 4 is 11.8 Å². The highest BCUT2D eigenvalue weighted by Crippen LogP contribution is 1.92. The van der Waals surface area contributed by atoms with E-state index in [1.54, 1.807) is 25.1 Å². The lowest BCUT2D eigenvalue weighted by Crippen LogP contribution is -1.59. The molecule has 0 atom stereocenters. The van der Waals surface area contributed by atoms with Crippen molar-refractivity contribution in [2.45, 2.75) is 0 Å². The Hall–Kier alpha value is -0.370. The zero-order chi connectivity index (χ0) is 6.24. The molecule has 0 N–H and O–H groups in total. The zero-order valence-corrected chi connectivity index (χ0v) is 5.94. The third-order valence-corrected chi connectivity index (χ3v) is 0.970. The van der Waals surface area contributed by atoms with E-state index in [0.29, 0.717) is 0 Å². The average molecular weight is 130 g/mol. The number of hydrogen-bond acceptors (Lipinski definition) is 2. The summed E-state index contributed by atoms with van der Waals surface area (Å²) >= 11 is 1.66. The van der Waals surface area contributed by atoms with Gasteiger partial charge < -0.3 is 4.74 Å². The maximum absolute atomic E-state index is 4.65. The first kappa shape index (κ1) is 7.63. The molecule has 0 fully saturated rings. The van der Waals surface area contributed by atoms with E-state index in [1.807, 2.05) is 23.8 Å². The predicted octanol–water partition coefficient (Wildman–Crippen LogP) is 2.02. The second kappa shape index (κ2) is 6.63. The summed E-state index contributed by atoms with van der Waals surface area (Å²) in [4.78, 5) is 0.